The number of unbranched alkanes of at least 4 members (excludes halogenated alkanes) is 9. The Labute approximate surface area is 170 Å². The van der Waals surface area contributed by atoms with Gasteiger partial charge in [-0.25, -0.2) is 4.79 Å². The van der Waals surface area contributed by atoms with Crippen LogP contribution in [-0.2, 0) is 4.74 Å². The van der Waals surface area contributed by atoms with Crippen molar-refractivity contribution in [2.45, 2.75) is 97.0 Å². The summed E-state index contributed by atoms with van der Waals surface area (Å²) in [5.74, 6) is -0.184. The van der Waals surface area contributed by atoms with E-state index in [-0.39, 0.29) is 17.6 Å². The Hall–Kier alpha value is -1.75. The highest BCUT2D eigenvalue weighted by atomic mass is 16.7. The van der Waals surface area contributed by atoms with E-state index in [9.17, 15) is 9.90 Å². The Morgan fingerprint density at radius 1 is 0.929 bits per heavy atom. The van der Waals surface area contributed by atoms with Crippen LogP contribution in [-0.4, -0.2) is 23.0 Å². The zero-order valence-corrected chi connectivity index (χ0v) is 17.6. The fourth-order valence-corrected chi connectivity index (χ4v) is 3.38. The van der Waals surface area contributed by atoms with Crippen LogP contribution in [0.4, 0.5) is 4.79 Å². The standard InChI is InChI=1S/C23H38O5/c1-3-5-6-7-8-9-10-11-12-13-16-20(27-18-4-2)19-15-14-17-21(22(19)24)28-23(25)26/h14-15,17,20,24H,3-13,16,18H2,1-2H3,(H,25,26). The van der Waals surface area contributed by atoms with Gasteiger partial charge in [0.1, 0.15) is 0 Å². The van der Waals surface area contributed by atoms with Crippen molar-refractivity contribution in [2.24, 2.45) is 0 Å². The fourth-order valence-electron chi connectivity index (χ4n) is 3.38. The van der Waals surface area contributed by atoms with Gasteiger partial charge in [0.25, 0.3) is 0 Å². The lowest BCUT2D eigenvalue weighted by Crippen LogP contribution is -2.08. The largest absolute Gasteiger partial charge is 0.511 e. The van der Waals surface area contributed by atoms with Crippen LogP contribution < -0.4 is 4.74 Å². The van der Waals surface area contributed by atoms with E-state index in [1.54, 1.807) is 12.1 Å². The molecule has 1 unspecified atom stereocenters. The monoisotopic (exact) mass is 394 g/mol. The molecule has 0 aliphatic rings. The van der Waals surface area contributed by atoms with Gasteiger partial charge in [-0.1, -0.05) is 90.2 Å². The Bertz CT molecular complexity index is 544. The van der Waals surface area contributed by atoms with Gasteiger partial charge in [-0.2, -0.15) is 0 Å². The van der Waals surface area contributed by atoms with E-state index in [1.165, 1.54) is 57.4 Å². The maximum Gasteiger partial charge on any atom is 0.511 e. The number of carboxylic acid groups (broad SMARTS) is 1. The van der Waals surface area contributed by atoms with E-state index in [1.807, 2.05) is 6.92 Å². The van der Waals surface area contributed by atoms with E-state index in [0.717, 1.165) is 25.7 Å². The van der Waals surface area contributed by atoms with Crippen LogP contribution in [0.3, 0.4) is 0 Å². The average Bonchev–Trinajstić information content (AvgIpc) is 2.67. The Morgan fingerprint density at radius 2 is 1.54 bits per heavy atom. The van der Waals surface area contributed by atoms with Gasteiger partial charge in [0.15, 0.2) is 11.5 Å². The van der Waals surface area contributed by atoms with Gasteiger partial charge in [-0.15, -0.1) is 0 Å². The van der Waals surface area contributed by atoms with Gasteiger partial charge in [0.05, 0.1) is 6.10 Å². The van der Waals surface area contributed by atoms with Crippen molar-refractivity contribution in [2.75, 3.05) is 6.61 Å². The van der Waals surface area contributed by atoms with Crippen molar-refractivity contribution in [3.05, 3.63) is 23.8 Å². The Kier molecular flexibility index (Phi) is 13.2. The number of hydrogen-bond acceptors (Lipinski definition) is 4. The molecule has 0 fully saturated rings. The molecule has 0 bridgehead atoms. The summed E-state index contributed by atoms with van der Waals surface area (Å²) in [7, 11) is 0. The Morgan fingerprint density at radius 3 is 2.11 bits per heavy atom. The molecule has 0 heterocycles. The molecule has 5 heteroatoms. The van der Waals surface area contributed by atoms with Crippen LogP contribution >= 0.6 is 0 Å². The third kappa shape index (κ3) is 9.98. The molecule has 0 radical (unpaired) electrons. The topological polar surface area (TPSA) is 76.0 Å². The molecule has 0 spiro atoms. The summed E-state index contributed by atoms with van der Waals surface area (Å²) in [6.45, 7) is 4.89. The summed E-state index contributed by atoms with van der Waals surface area (Å²) in [6.07, 6.45) is 12.7. The molecular formula is C23H38O5. The molecule has 1 aromatic carbocycles. The highest BCUT2D eigenvalue weighted by Gasteiger charge is 2.19. The molecule has 0 aliphatic heterocycles. The zero-order chi connectivity index (χ0) is 20.6. The number of rotatable bonds is 16. The van der Waals surface area contributed by atoms with Crippen LogP contribution in [0.5, 0.6) is 11.5 Å². The van der Waals surface area contributed by atoms with Crippen molar-refractivity contribution < 1.29 is 24.5 Å². The first kappa shape index (κ1) is 24.3. The average molecular weight is 395 g/mol. The molecule has 0 aromatic heterocycles. The third-order valence-electron chi connectivity index (χ3n) is 4.92. The number of aromatic hydroxyl groups is 1. The van der Waals surface area contributed by atoms with Gasteiger partial charge in [-0.05, 0) is 18.9 Å². The van der Waals surface area contributed by atoms with E-state index in [2.05, 4.69) is 11.7 Å². The minimum Gasteiger partial charge on any atom is -0.504 e. The van der Waals surface area contributed by atoms with Crippen molar-refractivity contribution >= 4 is 6.16 Å². The maximum absolute atomic E-state index is 10.8. The lowest BCUT2D eigenvalue weighted by molar-refractivity contribution is 0.0432. The summed E-state index contributed by atoms with van der Waals surface area (Å²) in [5.41, 5.74) is 0.600. The molecule has 0 saturated carbocycles. The Balaban J connectivity index is 2.44. The van der Waals surface area contributed by atoms with Crippen molar-refractivity contribution in [1.29, 1.82) is 0 Å². The number of ether oxygens (including phenoxy) is 2. The van der Waals surface area contributed by atoms with Crippen LogP contribution in [0.25, 0.3) is 0 Å². The molecule has 0 saturated heterocycles. The van der Waals surface area contributed by atoms with Gasteiger partial charge >= 0.3 is 6.16 Å². The summed E-state index contributed by atoms with van der Waals surface area (Å²) >= 11 is 0. The number of phenols is 1. The molecule has 160 valence electrons. The molecule has 1 rings (SSSR count). The molecule has 1 atom stereocenters. The molecule has 0 aliphatic carbocycles. The molecule has 5 nitrogen and oxygen atoms in total. The van der Waals surface area contributed by atoms with Crippen molar-refractivity contribution in [3.8, 4) is 11.5 Å². The van der Waals surface area contributed by atoms with Crippen LogP contribution in [0, 0.1) is 0 Å². The molecular weight excluding hydrogens is 356 g/mol. The summed E-state index contributed by atoms with van der Waals surface area (Å²) in [6, 6.07) is 4.92. The summed E-state index contributed by atoms with van der Waals surface area (Å²) < 4.78 is 10.6. The van der Waals surface area contributed by atoms with Gasteiger partial charge in [0.2, 0.25) is 0 Å². The smallest absolute Gasteiger partial charge is 0.504 e. The summed E-state index contributed by atoms with van der Waals surface area (Å²) in [5, 5.41) is 19.2. The predicted molar refractivity (Wildman–Crippen MR) is 112 cm³/mol. The highest BCUT2D eigenvalue weighted by Crippen LogP contribution is 2.37. The fraction of sp³-hybridized carbons (Fsp3) is 0.696. The van der Waals surface area contributed by atoms with E-state index in [4.69, 9.17) is 9.84 Å². The first-order valence-electron chi connectivity index (χ1n) is 10.9. The first-order valence-corrected chi connectivity index (χ1v) is 10.9. The number of benzene rings is 1. The maximum atomic E-state index is 10.8. The minimum absolute atomic E-state index is 0.0434. The second-order valence-electron chi connectivity index (χ2n) is 7.39. The molecule has 0 amide bonds. The molecule has 1 aromatic rings. The van der Waals surface area contributed by atoms with E-state index in [0.29, 0.717) is 12.2 Å². The van der Waals surface area contributed by atoms with E-state index < -0.39 is 6.16 Å². The highest BCUT2D eigenvalue weighted by molar-refractivity contribution is 5.63. The van der Waals surface area contributed by atoms with Gasteiger partial charge in [0, 0.05) is 12.2 Å². The quantitative estimate of drug-likeness (QED) is 0.176. The second kappa shape index (κ2) is 15.2. The van der Waals surface area contributed by atoms with Crippen LogP contribution in [0.1, 0.15) is 103 Å². The lowest BCUT2D eigenvalue weighted by atomic mass is 10.00. The van der Waals surface area contributed by atoms with Gasteiger partial charge in [-0.3, -0.25) is 0 Å². The van der Waals surface area contributed by atoms with Crippen molar-refractivity contribution in [3.63, 3.8) is 0 Å². The van der Waals surface area contributed by atoms with E-state index >= 15 is 0 Å². The third-order valence-corrected chi connectivity index (χ3v) is 4.92. The van der Waals surface area contributed by atoms with Crippen molar-refractivity contribution in [1.82, 2.24) is 0 Å². The number of hydrogen-bond donors (Lipinski definition) is 2. The van der Waals surface area contributed by atoms with Crippen LogP contribution in [0.15, 0.2) is 18.2 Å². The molecule has 2 N–H and O–H groups in total. The number of carbonyl (C=O) groups is 1. The first-order chi connectivity index (χ1) is 13.6. The predicted octanol–water partition coefficient (Wildman–Crippen LogP) is 7.23. The normalized spacial score (nSPS) is 12.1. The number of para-hydroxylation sites is 1. The summed E-state index contributed by atoms with van der Waals surface area (Å²) in [4.78, 5) is 10.8. The minimum atomic E-state index is -1.44. The molecule has 28 heavy (non-hydrogen) atoms. The second-order valence-corrected chi connectivity index (χ2v) is 7.39. The lowest BCUT2D eigenvalue weighted by Gasteiger charge is -2.20. The SMILES string of the molecule is CCCCCCCCCCCCC(OCCC)c1cccc(OC(=O)O)c1O. The van der Waals surface area contributed by atoms with Crippen LogP contribution in [0.2, 0.25) is 0 Å². The number of phenolic OH excluding ortho intramolecular Hbond substituents is 1. The van der Waals surface area contributed by atoms with Gasteiger partial charge < -0.3 is 19.7 Å². The zero-order valence-electron chi connectivity index (χ0n) is 17.6.